The van der Waals surface area contributed by atoms with Crippen LogP contribution in [0.2, 0.25) is 5.02 Å². The van der Waals surface area contributed by atoms with E-state index in [2.05, 4.69) is 12.2 Å². The van der Waals surface area contributed by atoms with Crippen LogP contribution in [0.5, 0.6) is 11.5 Å². The third-order valence-electron chi connectivity index (χ3n) is 3.70. The predicted molar refractivity (Wildman–Crippen MR) is 79.9 cm³/mol. The van der Waals surface area contributed by atoms with Gasteiger partial charge in [0.05, 0.1) is 20.8 Å². The van der Waals surface area contributed by atoms with Gasteiger partial charge in [0.1, 0.15) is 0 Å². The molecule has 0 radical (unpaired) electrons. The molecule has 0 bridgehead atoms. The minimum absolute atomic E-state index is 0.176. The van der Waals surface area contributed by atoms with Crippen LogP contribution in [0.15, 0.2) is 12.1 Å². The van der Waals surface area contributed by atoms with E-state index in [1.54, 1.807) is 14.2 Å². The SMILES string of the molecule is CCNC(c1cc(OC)c(OC)cc1Cl)C1CCOC1. The quantitative estimate of drug-likeness (QED) is 0.876. The molecule has 1 heterocycles. The van der Waals surface area contributed by atoms with Crippen molar-refractivity contribution in [2.75, 3.05) is 34.0 Å². The molecule has 0 aromatic heterocycles. The number of rotatable bonds is 6. The first-order chi connectivity index (χ1) is 9.71. The van der Waals surface area contributed by atoms with Gasteiger partial charge in [-0.1, -0.05) is 18.5 Å². The average Bonchev–Trinajstić information content (AvgIpc) is 2.98. The first-order valence-corrected chi connectivity index (χ1v) is 7.31. The minimum atomic E-state index is 0.176. The first kappa shape index (κ1) is 15.4. The van der Waals surface area contributed by atoms with Crippen LogP contribution in [0.4, 0.5) is 0 Å². The Labute approximate surface area is 125 Å². The normalized spacial score (nSPS) is 19.9. The molecule has 0 amide bonds. The zero-order valence-electron chi connectivity index (χ0n) is 12.2. The van der Waals surface area contributed by atoms with Crippen LogP contribution in [-0.4, -0.2) is 34.0 Å². The lowest BCUT2D eigenvalue weighted by Crippen LogP contribution is -2.29. The van der Waals surface area contributed by atoms with Crippen LogP contribution in [0.25, 0.3) is 0 Å². The number of methoxy groups -OCH3 is 2. The van der Waals surface area contributed by atoms with Crippen molar-refractivity contribution in [3.05, 3.63) is 22.7 Å². The molecule has 4 nitrogen and oxygen atoms in total. The van der Waals surface area contributed by atoms with Crippen molar-refractivity contribution in [2.45, 2.75) is 19.4 Å². The Balaban J connectivity index is 2.36. The Morgan fingerprint density at radius 1 is 1.35 bits per heavy atom. The maximum absolute atomic E-state index is 6.43. The van der Waals surface area contributed by atoms with E-state index in [-0.39, 0.29) is 6.04 Å². The Hall–Kier alpha value is -0.970. The van der Waals surface area contributed by atoms with Gasteiger partial charge in [-0.3, -0.25) is 0 Å². The van der Waals surface area contributed by atoms with Crippen LogP contribution in [0.3, 0.4) is 0 Å². The molecule has 1 fully saturated rings. The molecule has 0 aliphatic carbocycles. The number of hydrogen-bond acceptors (Lipinski definition) is 4. The Morgan fingerprint density at radius 2 is 2.05 bits per heavy atom. The van der Waals surface area contributed by atoms with Gasteiger partial charge in [-0.2, -0.15) is 0 Å². The number of halogens is 1. The Bertz CT molecular complexity index is 447. The average molecular weight is 300 g/mol. The van der Waals surface area contributed by atoms with E-state index >= 15 is 0 Å². The molecule has 0 saturated carbocycles. The summed E-state index contributed by atoms with van der Waals surface area (Å²) in [6, 6.07) is 3.96. The minimum Gasteiger partial charge on any atom is -0.493 e. The second-order valence-corrected chi connectivity index (χ2v) is 5.29. The van der Waals surface area contributed by atoms with Crippen LogP contribution in [-0.2, 0) is 4.74 Å². The van der Waals surface area contributed by atoms with Gasteiger partial charge in [-0.05, 0) is 24.6 Å². The van der Waals surface area contributed by atoms with E-state index in [4.69, 9.17) is 25.8 Å². The molecule has 112 valence electrons. The Morgan fingerprint density at radius 3 is 2.60 bits per heavy atom. The van der Waals surface area contributed by atoms with Crippen molar-refractivity contribution in [2.24, 2.45) is 5.92 Å². The van der Waals surface area contributed by atoms with E-state index in [0.717, 1.165) is 31.7 Å². The third-order valence-corrected chi connectivity index (χ3v) is 4.03. The largest absolute Gasteiger partial charge is 0.493 e. The van der Waals surface area contributed by atoms with Gasteiger partial charge >= 0.3 is 0 Å². The zero-order chi connectivity index (χ0) is 14.5. The highest BCUT2D eigenvalue weighted by Crippen LogP contribution is 2.39. The molecular weight excluding hydrogens is 278 g/mol. The van der Waals surface area contributed by atoms with E-state index < -0.39 is 0 Å². The van der Waals surface area contributed by atoms with Gasteiger partial charge in [-0.15, -0.1) is 0 Å². The maximum Gasteiger partial charge on any atom is 0.162 e. The van der Waals surface area contributed by atoms with Gasteiger partial charge in [-0.25, -0.2) is 0 Å². The van der Waals surface area contributed by atoms with E-state index in [0.29, 0.717) is 22.4 Å². The fourth-order valence-corrected chi connectivity index (χ4v) is 2.95. The smallest absolute Gasteiger partial charge is 0.162 e. The van der Waals surface area contributed by atoms with Gasteiger partial charge in [0.15, 0.2) is 11.5 Å². The molecule has 1 N–H and O–H groups in total. The van der Waals surface area contributed by atoms with Crippen molar-refractivity contribution in [1.29, 1.82) is 0 Å². The molecule has 2 atom stereocenters. The zero-order valence-corrected chi connectivity index (χ0v) is 13.0. The van der Waals surface area contributed by atoms with Crippen LogP contribution >= 0.6 is 11.6 Å². The molecule has 0 spiro atoms. The number of hydrogen-bond donors (Lipinski definition) is 1. The molecule has 2 rings (SSSR count). The molecule has 1 aromatic carbocycles. The van der Waals surface area contributed by atoms with Gasteiger partial charge < -0.3 is 19.5 Å². The second-order valence-electron chi connectivity index (χ2n) is 4.89. The van der Waals surface area contributed by atoms with Gasteiger partial charge in [0.25, 0.3) is 0 Å². The van der Waals surface area contributed by atoms with E-state index in [1.807, 2.05) is 12.1 Å². The van der Waals surface area contributed by atoms with E-state index in [1.165, 1.54) is 0 Å². The van der Waals surface area contributed by atoms with Gasteiger partial charge in [0.2, 0.25) is 0 Å². The molecule has 1 aliphatic rings. The lowest BCUT2D eigenvalue weighted by molar-refractivity contribution is 0.177. The van der Waals surface area contributed by atoms with Crippen LogP contribution in [0.1, 0.15) is 24.9 Å². The summed E-state index contributed by atoms with van der Waals surface area (Å²) in [5.41, 5.74) is 1.04. The summed E-state index contributed by atoms with van der Waals surface area (Å²) in [6.07, 6.45) is 1.04. The van der Waals surface area contributed by atoms with Gasteiger partial charge in [0, 0.05) is 29.7 Å². The monoisotopic (exact) mass is 299 g/mol. The summed E-state index contributed by atoms with van der Waals surface area (Å²) in [6.45, 7) is 4.56. The van der Waals surface area contributed by atoms with Crippen molar-refractivity contribution in [1.82, 2.24) is 5.32 Å². The van der Waals surface area contributed by atoms with Crippen molar-refractivity contribution in [3.63, 3.8) is 0 Å². The fraction of sp³-hybridized carbons (Fsp3) is 0.600. The first-order valence-electron chi connectivity index (χ1n) is 6.93. The van der Waals surface area contributed by atoms with Crippen LogP contribution < -0.4 is 14.8 Å². The highest BCUT2D eigenvalue weighted by atomic mass is 35.5. The number of benzene rings is 1. The Kier molecular flexibility index (Phi) is 5.52. The maximum atomic E-state index is 6.43. The highest BCUT2D eigenvalue weighted by Gasteiger charge is 2.29. The number of nitrogens with one attached hydrogen (secondary N) is 1. The summed E-state index contributed by atoms with van der Waals surface area (Å²) in [5.74, 6) is 1.79. The summed E-state index contributed by atoms with van der Waals surface area (Å²) < 4.78 is 16.2. The van der Waals surface area contributed by atoms with Crippen LogP contribution in [0, 0.1) is 5.92 Å². The molecule has 1 saturated heterocycles. The second kappa shape index (κ2) is 7.16. The topological polar surface area (TPSA) is 39.7 Å². The third kappa shape index (κ3) is 3.19. The molecule has 1 aliphatic heterocycles. The van der Waals surface area contributed by atoms with Crippen molar-refractivity contribution < 1.29 is 14.2 Å². The lowest BCUT2D eigenvalue weighted by atomic mass is 9.92. The summed E-state index contributed by atoms with van der Waals surface area (Å²) >= 11 is 6.43. The highest BCUT2D eigenvalue weighted by molar-refractivity contribution is 6.31. The lowest BCUT2D eigenvalue weighted by Gasteiger charge is -2.25. The van der Waals surface area contributed by atoms with E-state index in [9.17, 15) is 0 Å². The van der Waals surface area contributed by atoms with Crippen molar-refractivity contribution >= 4 is 11.6 Å². The molecule has 2 unspecified atom stereocenters. The molecule has 1 aromatic rings. The molecule has 5 heteroatoms. The fourth-order valence-electron chi connectivity index (χ4n) is 2.67. The standard InChI is InChI=1S/C15H22ClNO3/c1-4-17-15(10-5-6-20-9-10)11-7-13(18-2)14(19-3)8-12(11)16/h7-8,10,15,17H,4-6,9H2,1-3H3. The predicted octanol–water partition coefficient (Wildman–Crippen LogP) is 3.04. The summed E-state index contributed by atoms with van der Waals surface area (Å²) in [4.78, 5) is 0. The molecular formula is C15H22ClNO3. The summed E-state index contributed by atoms with van der Waals surface area (Å²) in [7, 11) is 3.25. The number of ether oxygens (including phenoxy) is 3. The van der Waals surface area contributed by atoms with Crippen molar-refractivity contribution in [3.8, 4) is 11.5 Å². The molecule has 20 heavy (non-hydrogen) atoms. The summed E-state index contributed by atoms with van der Waals surface area (Å²) in [5, 5.41) is 4.20.